The van der Waals surface area contributed by atoms with E-state index in [1.807, 2.05) is 42.5 Å². The SMILES string of the molecule is CC/C=C\C/C=C\CC(O)/C=C/C=C\C/C=C\CCCC(=O)O[C@H](COC(=O)CCCCCCCCCCCCCC(C)C)COP(=O)(O)O. The van der Waals surface area contributed by atoms with E-state index in [4.69, 9.17) is 19.3 Å². The summed E-state index contributed by atoms with van der Waals surface area (Å²) in [6.45, 7) is 5.75. The van der Waals surface area contributed by atoms with Crippen LogP contribution in [0.1, 0.15) is 149 Å². The maximum absolute atomic E-state index is 12.3. The molecule has 0 aromatic rings. The molecule has 0 aliphatic carbocycles. The number of carbonyl (C=O) groups is 2. The Bertz CT molecular complexity index is 1030. The second kappa shape index (κ2) is 33.8. The zero-order chi connectivity index (χ0) is 37.1. The molecule has 0 heterocycles. The molecule has 0 spiro atoms. The quantitative estimate of drug-likeness (QED) is 0.0198. The second-order valence-electron chi connectivity index (χ2n) is 13.2. The van der Waals surface area contributed by atoms with E-state index in [-0.39, 0.29) is 19.4 Å². The van der Waals surface area contributed by atoms with Crippen LogP contribution in [0, 0.1) is 5.92 Å². The van der Waals surface area contributed by atoms with E-state index in [1.165, 1.54) is 51.4 Å². The molecule has 0 saturated carbocycles. The van der Waals surface area contributed by atoms with Crippen LogP contribution < -0.4 is 0 Å². The van der Waals surface area contributed by atoms with Crippen LogP contribution in [0.3, 0.4) is 0 Å². The molecule has 2 atom stereocenters. The van der Waals surface area contributed by atoms with E-state index in [0.717, 1.165) is 38.0 Å². The molecular weight excluding hydrogens is 655 g/mol. The normalized spacial score (nSPS) is 13.9. The van der Waals surface area contributed by atoms with Crippen molar-refractivity contribution in [2.75, 3.05) is 13.2 Å². The van der Waals surface area contributed by atoms with Gasteiger partial charge in [0.1, 0.15) is 6.61 Å². The number of unbranched alkanes of at least 4 members (excludes halogenated alkanes) is 11. The predicted octanol–water partition coefficient (Wildman–Crippen LogP) is 10.2. The van der Waals surface area contributed by atoms with Gasteiger partial charge in [0, 0.05) is 12.8 Å². The summed E-state index contributed by atoms with van der Waals surface area (Å²) in [5.74, 6) is -0.194. The number of aliphatic hydroxyl groups is 1. The van der Waals surface area contributed by atoms with Gasteiger partial charge in [0.2, 0.25) is 0 Å². The third-order valence-electron chi connectivity index (χ3n) is 7.81. The molecule has 0 amide bonds. The van der Waals surface area contributed by atoms with Gasteiger partial charge in [-0.2, -0.15) is 0 Å². The maximum atomic E-state index is 12.3. The lowest BCUT2D eigenvalue weighted by Gasteiger charge is -2.18. The number of ether oxygens (including phenoxy) is 2. The Morgan fingerprint density at radius 3 is 1.90 bits per heavy atom. The first-order valence-corrected chi connectivity index (χ1v) is 20.6. The van der Waals surface area contributed by atoms with E-state index in [1.54, 1.807) is 6.08 Å². The summed E-state index contributed by atoms with van der Waals surface area (Å²) in [6.07, 6.45) is 37.0. The first-order valence-electron chi connectivity index (χ1n) is 19.0. The number of aliphatic hydroxyl groups excluding tert-OH is 1. The van der Waals surface area contributed by atoms with Gasteiger partial charge < -0.3 is 24.4 Å². The number of phosphoric acid groups is 1. The Kier molecular flexibility index (Phi) is 32.3. The molecule has 0 aromatic carbocycles. The topological polar surface area (TPSA) is 140 Å². The van der Waals surface area contributed by atoms with E-state index >= 15 is 0 Å². The first kappa shape index (κ1) is 47.7. The Morgan fingerprint density at radius 2 is 1.26 bits per heavy atom. The molecule has 9 nitrogen and oxygen atoms in total. The number of phosphoric ester groups is 1. The summed E-state index contributed by atoms with van der Waals surface area (Å²) >= 11 is 0. The zero-order valence-corrected chi connectivity index (χ0v) is 32.2. The Balaban J connectivity index is 4.15. The van der Waals surface area contributed by atoms with Crippen LogP contribution in [0.2, 0.25) is 0 Å². The van der Waals surface area contributed by atoms with E-state index in [0.29, 0.717) is 32.1 Å². The van der Waals surface area contributed by atoms with Crippen LogP contribution in [-0.2, 0) is 28.2 Å². The van der Waals surface area contributed by atoms with Crippen LogP contribution in [-0.4, -0.2) is 52.3 Å². The lowest BCUT2D eigenvalue weighted by molar-refractivity contribution is -0.161. The van der Waals surface area contributed by atoms with Crippen molar-refractivity contribution in [2.45, 2.75) is 161 Å². The van der Waals surface area contributed by atoms with Gasteiger partial charge in [0.15, 0.2) is 6.10 Å². The summed E-state index contributed by atoms with van der Waals surface area (Å²) < 4.78 is 26.2. The van der Waals surface area contributed by atoms with Gasteiger partial charge in [-0.3, -0.25) is 14.1 Å². The highest BCUT2D eigenvalue weighted by Crippen LogP contribution is 2.36. The zero-order valence-electron chi connectivity index (χ0n) is 31.3. The van der Waals surface area contributed by atoms with Crippen molar-refractivity contribution in [1.82, 2.24) is 0 Å². The van der Waals surface area contributed by atoms with E-state index < -0.39 is 38.6 Å². The molecule has 50 heavy (non-hydrogen) atoms. The lowest BCUT2D eigenvalue weighted by Crippen LogP contribution is -2.29. The third kappa shape index (κ3) is 37.0. The summed E-state index contributed by atoms with van der Waals surface area (Å²) in [6, 6.07) is 0. The fourth-order valence-corrected chi connectivity index (χ4v) is 5.33. The van der Waals surface area contributed by atoms with E-state index in [2.05, 4.69) is 37.4 Å². The highest BCUT2D eigenvalue weighted by atomic mass is 31.2. The number of rotatable bonds is 33. The van der Waals surface area contributed by atoms with Crippen molar-refractivity contribution < 1.29 is 43.0 Å². The molecule has 0 aliphatic rings. The molecule has 10 heteroatoms. The molecule has 1 unspecified atom stereocenters. The molecule has 0 radical (unpaired) electrons. The maximum Gasteiger partial charge on any atom is 0.469 e. The Hall–Kier alpha value is -2.29. The number of hydrogen-bond acceptors (Lipinski definition) is 7. The second-order valence-corrected chi connectivity index (χ2v) is 14.4. The highest BCUT2D eigenvalue weighted by Gasteiger charge is 2.22. The van der Waals surface area contributed by atoms with Crippen LogP contribution in [0.25, 0.3) is 0 Å². The monoisotopic (exact) mass is 724 g/mol. The van der Waals surface area contributed by atoms with Gasteiger partial charge in [0.05, 0.1) is 12.7 Å². The van der Waals surface area contributed by atoms with Gasteiger partial charge in [-0.05, 0) is 50.9 Å². The van der Waals surface area contributed by atoms with Gasteiger partial charge in [-0.15, -0.1) is 0 Å². The van der Waals surface area contributed by atoms with Crippen molar-refractivity contribution in [1.29, 1.82) is 0 Å². The molecular formula is C40H69O9P. The van der Waals surface area contributed by atoms with Gasteiger partial charge >= 0.3 is 19.8 Å². The molecule has 3 N–H and O–H groups in total. The predicted molar refractivity (Wildman–Crippen MR) is 203 cm³/mol. The van der Waals surface area contributed by atoms with Gasteiger partial charge in [-0.1, -0.05) is 152 Å². The third-order valence-corrected chi connectivity index (χ3v) is 8.29. The summed E-state index contributed by atoms with van der Waals surface area (Å²) in [4.78, 5) is 42.7. The van der Waals surface area contributed by atoms with Crippen molar-refractivity contribution in [3.05, 3.63) is 60.8 Å². The van der Waals surface area contributed by atoms with Crippen molar-refractivity contribution in [2.24, 2.45) is 5.92 Å². The fourth-order valence-electron chi connectivity index (χ4n) is 4.97. The molecule has 288 valence electrons. The van der Waals surface area contributed by atoms with Gasteiger partial charge in [-0.25, -0.2) is 4.57 Å². The minimum atomic E-state index is -4.78. The fraction of sp³-hybridized carbons (Fsp3) is 0.700. The summed E-state index contributed by atoms with van der Waals surface area (Å²) in [5, 5.41) is 9.97. The first-order chi connectivity index (χ1) is 24.0. The molecule has 0 rings (SSSR count). The molecule has 0 fully saturated rings. The summed E-state index contributed by atoms with van der Waals surface area (Å²) in [5.41, 5.74) is 0. The van der Waals surface area contributed by atoms with Crippen molar-refractivity contribution >= 4 is 19.8 Å². The smallest absolute Gasteiger partial charge is 0.462 e. The minimum absolute atomic E-state index is 0.1000. The largest absolute Gasteiger partial charge is 0.469 e. The lowest BCUT2D eigenvalue weighted by atomic mass is 10.0. The molecule has 0 saturated heterocycles. The van der Waals surface area contributed by atoms with Crippen LogP contribution in [0.15, 0.2) is 60.8 Å². The number of hydrogen-bond donors (Lipinski definition) is 3. The highest BCUT2D eigenvalue weighted by molar-refractivity contribution is 7.46. The Labute approximate surface area is 303 Å². The number of allylic oxidation sites excluding steroid dienone is 8. The minimum Gasteiger partial charge on any atom is -0.462 e. The van der Waals surface area contributed by atoms with Crippen LogP contribution in [0.4, 0.5) is 0 Å². The average Bonchev–Trinajstić information content (AvgIpc) is 3.06. The Morgan fingerprint density at radius 1 is 0.680 bits per heavy atom. The summed E-state index contributed by atoms with van der Waals surface area (Å²) in [7, 11) is -4.78. The number of esters is 2. The van der Waals surface area contributed by atoms with Crippen molar-refractivity contribution in [3.8, 4) is 0 Å². The van der Waals surface area contributed by atoms with Crippen LogP contribution in [0.5, 0.6) is 0 Å². The van der Waals surface area contributed by atoms with Gasteiger partial charge in [0.25, 0.3) is 0 Å². The molecule has 0 aromatic heterocycles. The van der Waals surface area contributed by atoms with Crippen molar-refractivity contribution in [3.63, 3.8) is 0 Å². The average molecular weight is 725 g/mol. The van der Waals surface area contributed by atoms with Crippen LogP contribution >= 0.6 is 7.82 Å². The molecule has 0 aliphatic heterocycles. The van der Waals surface area contributed by atoms with E-state index in [9.17, 15) is 19.3 Å². The number of carbonyl (C=O) groups excluding carboxylic acids is 2. The standard InChI is InChI=1S/C40H69O9P/c1-4-5-6-7-20-25-30-37(41)31-26-21-16-13-14-18-23-28-33-40(43)49-38(35-48-50(44,45)46)34-47-39(42)32-27-22-17-12-10-8-9-11-15-19-24-29-36(2)3/h5-6,14,16,18,20-21,25-26,31,36-38,41H,4,7-13,15,17,19,22-24,27-30,32-35H2,1-3H3,(H2,44,45,46)/b6-5-,18-14-,21-16-,25-20-,31-26+/t37?,38-/m1/s1. The molecule has 0 bridgehead atoms.